The average Bonchev–Trinajstić information content (AvgIpc) is 2.84. The number of rotatable bonds is 5. The molecule has 0 saturated heterocycles. The van der Waals surface area contributed by atoms with E-state index in [0.29, 0.717) is 12.3 Å². The third-order valence-corrected chi connectivity index (χ3v) is 4.88. The Morgan fingerprint density at radius 2 is 1.68 bits per heavy atom. The molecule has 15 heteroatoms. The molecule has 1 amide bonds. The summed E-state index contributed by atoms with van der Waals surface area (Å²) in [6, 6.07) is 4.38. The first-order chi connectivity index (χ1) is 17.7. The van der Waals surface area contributed by atoms with Crippen LogP contribution in [0.3, 0.4) is 0 Å². The van der Waals surface area contributed by atoms with Crippen molar-refractivity contribution in [2.24, 2.45) is 10.7 Å². The summed E-state index contributed by atoms with van der Waals surface area (Å²) in [4.78, 5) is 24.8. The minimum absolute atomic E-state index is 0.0245. The maximum atomic E-state index is 13.9. The second-order valence-electron chi connectivity index (χ2n) is 7.48. The van der Waals surface area contributed by atoms with Gasteiger partial charge < -0.3 is 16.2 Å². The van der Waals surface area contributed by atoms with E-state index in [2.05, 4.69) is 15.0 Å². The van der Waals surface area contributed by atoms with Gasteiger partial charge in [-0.2, -0.15) is 26.3 Å². The van der Waals surface area contributed by atoms with Crippen molar-refractivity contribution >= 4 is 35.2 Å². The molecule has 0 fully saturated rings. The topological polar surface area (TPSA) is 120 Å². The molecule has 3 aromatic rings. The Kier molecular flexibility index (Phi) is 7.88. The summed E-state index contributed by atoms with van der Waals surface area (Å²) in [5.41, 5.74) is 6.04. The van der Waals surface area contributed by atoms with Crippen molar-refractivity contribution < 1.29 is 40.3 Å². The quantitative estimate of drug-likeness (QED) is 0.321. The number of halogens is 7. The Bertz CT molecular complexity index is 1370. The number of alkyl halides is 6. The predicted molar refractivity (Wildman–Crippen MR) is 124 cm³/mol. The number of carbonyl (C=O) groups excluding carboxylic acids is 1. The zero-order valence-corrected chi connectivity index (χ0v) is 19.2. The van der Waals surface area contributed by atoms with Gasteiger partial charge in [-0.05, 0) is 36.4 Å². The highest BCUT2D eigenvalue weighted by atomic mass is 19.4. The van der Waals surface area contributed by atoms with Gasteiger partial charge in [0.05, 0.1) is 23.5 Å². The Morgan fingerprint density at radius 3 is 2.21 bits per heavy atom. The van der Waals surface area contributed by atoms with E-state index in [1.54, 1.807) is 0 Å². The van der Waals surface area contributed by atoms with Crippen LogP contribution in [-0.2, 0) is 12.4 Å². The number of hydrogen-bond acceptors (Lipinski definition) is 7. The van der Waals surface area contributed by atoms with Gasteiger partial charge in [-0.25, -0.2) is 24.1 Å². The maximum absolute atomic E-state index is 13.9. The lowest BCUT2D eigenvalue weighted by Gasteiger charge is -2.22. The van der Waals surface area contributed by atoms with Gasteiger partial charge in [0.25, 0.3) is 0 Å². The number of nitrogens with zero attached hydrogens (tertiary/aromatic N) is 4. The van der Waals surface area contributed by atoms with Crippen molar-refractivity contribution in [2.45, 2.75) is 12.4 Å². The van der Waals surface area contributed by atoms with E-state index in [0.717, 1.165) is 54.8 Å². The fourth-order valence-corrected chi connectivity index (χ4v) is 2.99. The Labute approximate surface area is 210 Å². The second kappa shape index (κ2) is 10.7. The molecule has 0 atom stereocenters. The molecule has 0 aliphatic carbocycles. The number of carbonyl (C=O) groups is 1. The molecule has 0 saturated carbocycles. The fraction of sp³-hybridized carbons (Fsp3) is 0.130. The highest BCUT2D eigenvalue weighted by molar-refractivity contribution is 6.12. The fourth-order valence-electron chi connectivity index (χ4n) is 2.99. The molecule has 0 bridgehead atoms. The second-order valence-corrected chi connectivity index (χ2v) is 7.48. The van der Waals surface area contributed by atoms with Gasteiger partial charge in [-0.3, -0.25) is 4.90 Å². The lowest BCUT2D eigenvalue weighted by Crippen LogP contribution is -2.30. The van der Waals surface area contributed by atoms with Gasteiger partial charge in [0.1, 0.15) is 11.6 Å². The minimum atomic E-state index is -5.39. The summed E-state index contributed by atoms with van der Waals surface area (Å²) in [6.45, 7) is 0. The number of allylic oxidation sites excluding steroid dienone is 1. The number of nitrogen functional groups attached to an aromatic ring is 1. The third kappa shape index (κ3) is 6.54. The first kappa shape index (κ1) is 27.9. The van der Waals surface area contributed by atoms with E-state index in [1.165, 1.54) is 0 Å². The Hall–Kier alpha value is -4.69. The first-order valence-corrected chi connectivity index (χ1v) is 10.3. The highest BCUT2D eigenvalue weighted by Crippen LogP contribution is 2.44. The summed E-state index contributed by atoms with van der Waals surface area (Å²) < 4.78 is 101. The number of ether oxygens (including phenoxy) is 1. The van der Waals surface area contributed by atoms with Gasteiger partial charge >= 0.3 is 18.4 Å². The van der Waals surface area contributed by atoms with E-state index < -0.39 is 52.3 Å². The van der Waals surface area contributed by atoms with Crippen LogP contribution in [0.1, 0.15) is 16.7 Å². The third-order valence-electron chi connectivity index (χ3n) is 4.88. The number of hydrogen-bond donors (Lipinski definition) is 2. The molecular formula is C23H17F7N6O2. The van der Waals surface area contributed by atoms with Crippen LogP contribution in [0, 0.1) is 5.82 Å². The van der Waals surface area contributed by atoms with E-state index >= 15 is 0 Å². The largest absolute Gasteiger partial charge is 0.420 e. The molecule has 200 valence electrons. The molecule has 0 radical (unpaired) electrons. The standard InChI is InChI=1S/C23H17F7N6O2/c1-36(15-4-2-14(24)3-5-15)21(37)38-20-16(6-13(22(25,26)27)7-17(20)23(28,29)30)12(8-31)9-34-19-11-33-18(32)10-35-19/h2-11H,31H2,1H3,(H2,32,33). The van der Waals surface area contributed by atoms with Crippen molar-refractivity contribution in [2.75, 3.05) is 17.7 Å². The van der Waals surface area contributed by atoms with Crippen LogP contribution < -0.4 is 21.1 Å². The zero-order valence-electron chi connectivity index (χ0n) is 19.2. The predicted octanol–water partition coefficient (Wildman–Crippen LogP) is 5.57. The van der Waals surface area contributed by atoms with Gasteiger partial charge in [0.15, 0.2) is 11.6 Å². The van der Waals surface area contributed by atoms with Gasteiger partial charge in [-0.15, -0.1) is 0 Å². The van der Waals surface area contributed by atoms with Crippen LogP contribution in [0.2, 0.25) is 0 Å². The smallest absolute Gasteiger partial charge is 0.409 e. The highest BCUT2D eigenvalue weighted by Gasteiger charge is 2.41. The molecule has 38 heavy (non-hydrogen) atoms. The minimum Gasteiger partial charge on any atom is -0.409 e. The van der Waals surface area contributed by atoms with Crippen LogP contribution in [0.15, 0.2) is 60.0 Å². The molecule has 1 heterocycles. The number of benzene rings is 2. The van der Waals surface area contributed by atoms with Crippen LogP contribution >= 0.6 is 0 Å². The van der Waals surface area contributed by atoms with Crippen LogP contribution in [-0.4, -0.2) is 29.3 Å². The molecule has 3 rings (SSSR count). The SMILES string of the molecule is CN(C(=O)Oc1c(C(C=Nc2cnc(N)cn2)=CN)cc(C(F)(F)F)cc1C(F)(F)F)c1ccc(F)cc1. The zero-order chi connectivity index (χ0) is 28.3. The van der Waals surface area contributed by atoms with E-state index in [-0.39, 0.29) is 23.4 Å². The number of aliphatic imine (C=N–C) groups is 1. The Morgan fingerprint density at radius 1 is 1.03 bits per heavy atom. The molecule has 4 N–H and O–H groups in total. The number of aromatic nitrogens is 2. The molecule has 0 aliphatic heterocycles. The monoisotopic (exact) mass is 542 g/mol. The molecule has 8 nitrogen and oxygen atoms in total. The average molecular weight is 542 g/mol. The molecule has 1 aromatic heterocycles. The number of amides is 1. The number of anilines is 2. The number of nitrogens with two attached hydrogens (primary N) is 2. The van der Waals surface area contributed by atoms with E-state index in [4.69, 9.17) is 16.2 Å². The maximum Gasteiger partial charge on any atom is 0.420 e. The lowest BCUT2D eigenvalue weighted by atomic mass is 9.98. The molecule has 0 spiro atoms. The van der Waals surface area contributed by atoms with Crippen LogP contribution in [0.4, 0.5) is 52.9 Å². The molecular weight excluding hydrogens is 525 g/mol. The molecule has 2 aromatic carbocycles. The van der Waals surface area contributed by atoms with Crippen molar-refractivity contribution in [3.05, 3.63) is 77.5 Å². The first-order valence-electron chi connectivity index (χ1n) is 10.3. The Balaban J connectivity index is 2.16. The van der Waals surface area contributed by atoms with Crippen LogP contribution in [0.5, 0.6) is 5.75 Å². The van der Waals surface area contributed by atoms with Crippen molar-refractivity contribution in [1.82, 2.24) is 9.97 Å². The van der Waals surface area contributed by atoms with Gasteiger partial charge in [-0.1, -0.05) is 0 Å². The summed E-state index contributed by atoms with van der Waals surface area (Å²) in [7, 11) is 1.10. The van der Waals surface area contributed by atoms with Crippen molar-refractivity contribution in [3.8, 4) is 5.75 Å². The lowest BCUT2D eigenvalue weighted by molar-refractivity contribution is -0.143. The summed E-state index contributed by atoms with van der Waals surface area (Å²) in [6.07, 6.45) is -8.32. The van der Waals surface area contributed by atoms with Gasteiger partial charge in [0, 0.05) is 36.3 Å². The van der Waals surface area contributed by atoms with Crippen LogP contribution in [0.25, 0.3) is 5.57 Å². The molecule has 0 unspecified atom stereocenters. The summed E-state index contributed by atoms with van der Waals surface area (Å²) >= 11 is 0. The summed E-state index contributed by atoms with van der Waals surface area (Å²) in [5, 5.41) is 0. The van der Waals surface area contributed by atoms with Crippen molar-refractivity contribution in [3.63, 3.8) is 0 Å². The van der Waals surface area contributed by atoms with E-state index in [1.807, 2.05) is 0 Å². The normalized spacial score (nSPS) is 12.6. The summed E-state index contributed by atoms with van der Waals surface area (Å²) in [5.74, 6) is -1.99. The van der Waals surface area contributed by atoms with E-state index in [9.17, 15) is 35.5 Å². The van der Waals surface area contributed by atoms with Crippen molar-refractivity contribution in [1.29, 1.82) is 0 Å². The van der Waals surface area contributed by atoms with Gasteiger partial charge in [0.2, 0.25) is 0 Å². The molecule has 0 aliphatic rings.